The van der Waals surface area contributed by atoms with Crippen molar-refractivity contribution in [3.8, 4) is 0 Å². The highest BCUT2D eigenvalue weighted by atomic mass is 16.2. The van der Waals surface area contributed by atoms with Gasteiger partial charge in [-0.1, -0.05) is 48.5 Å². The minimum atomic E-state index is -0.644. The molecule has 0 spiro atoms. The summed E-state index contributed by atoms with van der Waals surface area (Å²) < 4.78 is 0. The third kappa shape index (κ3) is 3.49. The van der Waals surface area contributed by atoms with Crippen molar-refractivity contribution in [1.29, 1.82) is 0 Å². The molecule has 0 amide bonds. The predicted octanol–water partition coefficient (Wildman–Crippen LogP) is 10.1. The van der Waals surface area contributed by atoms with Gasteiger partial charge in [-0.05, 0) is 194 Å². The van der Waals surface area contributed by atoms with Crippen molar-refractivity contribution in [1.82, 2.24) is 0 Å². The first kappa shape index (κ1) is 28.8. The predicted molar refractivity (Wildman–Crippen MR) is 212 cm³/mol. The molecule has 250 valence electrons. The van der Waals surface area contributed by atoms with Crippen LogP contribution in [0.25, 0.3) is 64.6 Å². The molecule has 6 aliphatic carbocycles. The Morgan fingerprint density at radius 1 is 0.222 bits per heavy atom. The Kier molecular flexibility index (Phi) is 5.11. The van der Waals surface area contributed by atoms with E-state index in [4.69, 9.17) is 0 Å². The van der Waals surface area contributed by atoms with Crippen LogP contribution in [0.5, 0.6) is 0 Å². The third-order valence-electron chi connectivity index (χ3n) is 13.0. The molecule has 4 unspecified atom stereocenters. The lowest BCUT2D eigenvalue weighted by atomic mass is 9.61. The zero-order valence-electron chi connectivity index (χ0n) is 28.6. The summed E-state index contributed by atoms with van der Waals surface area (Å²) in [6.07, 6.45) is 0. The Hall–Kier alpha value is -6.78. The van der Waals surface area contributed by atoms with Gasteiger partial charge in [0.15, 0.2) is 0 Å². The number of Topliss-reactive ketones (excluding diaryl/α,β-unsaturated/α-hetero) is 4. The highest BCUT2D eigenvalue weighted by Crippen LogP contribution is 2.54. The van der Waals surface area contributed by atoms with Gasteiger partial charge >= 0.3 is 0 Å². The largest absolute Gasteiger partial charge is 0.290 e. The summed E-state index contributed by atoms with van der Waals surface area (Å²) in [6.45, 7) is 0. The van der Waals surface area contributed by atoms with E-state index in [0.29, 0.717) is 0 Å². The Morgan fingerprint density at radius 2 is 0.389 bits per heavy atom. The summed E-state index contributed by atoms with van der Waals surface area (Å²) >= 11 is 0. The number of carbonyl (C=O) groups is 4. The molecule has 0 radical (unpaired) electrons. The van der Waals surface area contributed by atoms with Gasteiger partial charge in [0.25, 0.3) is 0 Å². The number of ketones is 4. The van der Waals surface area contributed by atoms with Crippen LogP contribution in [0.2, 0.25) is 0 Å². The molecule has 0 aliphatic heterocycles. The molecule has 4 heteroatoms. The number of hydrogen-bond donors (Lipinski definition) is 0. The lowest BCUT2D eigenvalue weighted by molar-refractivity contribution is -0.138. The first-order valence-electron chi connectivity index (χ1n) is 18.5. The molecule has 0 saturated carbocycles. The van der Waals surface area contributed by atoms with E-state index in [-0.39, 0.29) is 23.1 Å². The van der Waals surface area contributed by atoms with Gasteiger partial charge < -0.3 is 0 Å². The molecule has 0 aromatic heterocycles. The normalized spacial score (nSPS) is 20.7. The van der Waals surface area contributed by atoms with Gasteiger partial charge in [0, 0.05) is 0 Å². The van der Waals surface area contributed by atoms with Gasteiger partial charge in [0.2, 0.25) is 23.1 Å². The molecule has 15 rings (SSSR count). The molecule has 54 heavy (non-hydrogen) atoms. The zero-order valence-corrected chi connectivity index (χ0v) is 28.6. The lowest BCUT2D eigenvalue weighted by Crippen LogP contribution is -2.40. The molecule has 0 N–H and O–H groups in total. The van der Waals surface area contributed by atoms with Gasteiger partial charge in [-0.3, -0.25) is 19.2 Å². The van der Waals surface area contributed by atoms with Crippen LogP contribution in [0, 0.1) is 0 Å². The highest BCUT2D eigenvalue weighted by Gasteiger charge is 2.50. The van der Waals surface area contributed by atoms with E-state index in [1.54, 1.807) is 0 Å². The maximum Gasteiger partial charge on any atom is 0.211 e. The van der Waals surface area contributed by atoms with Crippen LogP contribution in [0.1, 0.15) is 68.2 Å². The maximum absolute atomic E-state index is 13.7. The van der Waals surface area contributed by atoms with Gasteiger partial charge in [-0.2, -0.15) is 0 Å². The summed E-state index contributed by atoms with van der Waals surface area (Å²) in [5.74, 6) is -3.93. The maximum atomic E-state index is 13.7. The fraction of sp³-hybridized carbons (Fsp3) is 0.0800. The van der Waals surface area contributed by atoms with E-state index < -0.39 is 23.7 Å². The van der Waals surface area contributed by atoms with E-state index in [1.165, 1.54) is 0 Å². The number of fused-ring (bicyclic) bond motifs is 8. The smallest absolute Gasteiger partial charge is 0.211 e. The van der Waals surface area contributed by atoms with Crippen molar-refractivity contribution < 1.29 is 19.2 Å². The van der Waals surface area contributed by atoms with Crippen LogP contribution < -0.4 is 0 Å². The zero-order chi connectivity index (χ0) is 35.7. The van der Waals surface area contributed by atoms with Crippen LogP contribution in [0.4, 0.5) is 0 Å². The molecule has 0 saturated heterocycles. The van der Waals surface area contributed by atoms with Crippen LogP contribution in [-0.2, 0) is 19.2 Å². The summed E-state index contributed by atoms with van der Waals surface area (Å²) in [4.78, 5) is 55.0. The number of rotatable bonds is 0. The molecule has 4 nitrogen and oxygen atoms in total. The van der Waals surface area contributed by atoms with Crippen LogP contribution in [-0.4, -0.2) is 23.1 Å². The second-order valence-electron chi connectivity index (χ2n) is 15.8. The third-order valence-corrected chi connectivity index (χ3v) is 13.0. The van der Waals surface area contributed by atoms with Crippen molar-refractivity contribution in [3.63, 3.8) is 0 Å². The van der Waals surface area contributed by atoms with Crippen LogP contribution >= 0.6 is 0 Å². The van der Waals surface area contributed by atoms with Crippen molar-refractivity contribution in [2.45, 2.75) is 23.7 Å². The van der Waals surface area contributed by atoms with E-state index >= 15 is 0 Å². The average Bonchev–Trinajstić information content (AvgIpc) is 3.18. The van der Waals surface area contributed by atoms with E-state index in [1.807, 2.05) is 24.3 Å². The van der Waals surface area contributed by atoms with E-state index in [9.17, 15) is 19.2 Å². The Labute approximate surface area is 307 Å². The number of hydrogen-bond acceptors (Lipinski definition) is 4. The summed E-state index contributed by atoms with van der Waals surface area (Å²) in [5.41, 5.74) is 7.29. The molecule has 4 bridgehead atoms. The van der Waals surface area contributed by atoms with Crippen LogP contribution in [0.3, 0.4) is 0 Å². The second kappa shape index (κ2) is 9.60. The molecule has 9 aromatic rings. The monoisotopic (exact) mass is 690 g/mol. The van der Waals surface area contributed by atoms with Crippen molar-refractivity contribution >= 4 is 87.8 Å². The molecule has 4 atom stereocenters. The van der Waals surface area contributed by atoms with E-state index in [2.05, 4.69) is 109 Å². The summed E-state index contributed by atoms with van der Waals surface area (Å²) in [7, 11) is 0. The Bertz CT molecular complexity index is 2940. The summed E-state index contributed by atoms with van der Waals surface area (Å²) in [5, 5.41) is 12.7. The van der Waals surface area contributed by atoms with Crippen molar-refractivity contribution in [2.75, 3.05) is 0 Å². The van der Waals surface area contributed by atoms with Gasteiger partial charge in [0.05, 0.1) is 23.7 Å². The fourth-order valence-corrected chi connectivity index (χ4v) is 10.6. The van der Waals surface area contributed by atoms with E-state index in [0.717, 1.165) is 109 Å². The average molecular weight is 691 g/mol. The first-order valence-corrected chi connectivity index (χ1v) is 18.5. The number of benzene rings is 9. The van der Waals surface area contributed by atoms with Crippen molar-refractivity contribution in [2.24, 2.45) is 0 Å². The topological polar surface area (TPSA) is 68.3 Å². The SMILES string of the molecule is O=C1C(=O)C2c3cc4cc5ccccc5cc4cc3C1c1cc3cc4cc5c(cc4cc3cc12)C1C(=O)C(=O)C5c2cc3cc4ccccc4cc3cc21. The fourth-order valence-electron chi connectivity index (χ4n) is 10.6. The quantitative estimate of drug-likeness (QED) is 0.117. The van der Waals surface area contributed by atoms with Crippen LogP contribution in [0.15, 0.2) is 133 Å². The molecule has 6 aliphatic rings. The molecule has 0 fully saturated rings. The number of carbonyl (C=O) groups excluding carboxylic acids is 4. The Morgan fingerprint density at radius 3 is 0.574 bits per heavy atom. The Balaban J connectivity index is 0.994. The van der Waals surface area contributed by atoms with Gasteiger partial charge in [-0.25, -0.2) is 0 Å². The van der Waals surface area contributed by atoms with Gasteiger partial charge in [0.1, 0.15) is 0 Å². The minimum Gasteiger partial charge on any atom is -0.290 e. The van der Waals surface area contributed by atoms with Crippen molar-refractivity contribution in [3.05, 3.63) is 178 Å². The molecule has 9 aromatic carbocycles. The molecular weight excluding hydrogens is 665 g/mol. The first-order chi connectivity index (χ1) is 26.4. The minimum absolute atomic E-state index is 0.340. The second-order valence-corrected chi connectivity index (χ2v) is 15.8. The molecule has 0 heterocycles. The summed E-state index contributed by atoms with van der Waals surface area (Å²) in [6, 6.07) is 46.3. The van der Waals surface area contributed by atoms with Gasteiger partial charge in [-0.15, -0.1) is 0 Å². The lowest BCUT2D eigenvalue weighted by Gasteiger charge is -2.39. The molecular formula is C50H26O4. The highest BCUT2D eigenvalue weighted by molar-refractivity contribution is 6.46. The standard InChI is InChI=1S/C50H26O4/c51-47-43-35-15-27-9-23-5-1-2-6-24(23)10-28(27)16-36(35)44(48(47)52)40-20-32-14-34-22-42-41(21-33(34)13-31(32)19-39(40)43)45-37-17-29-11-25-7-3-4-8-26(25)12-30(29)18-38(37)46(42)50(54)49(45)53/h1-22,43-46H.